The number of rotatable bonds is 5. The van der Waals surface area contributed by atoms with Crippen LogP contribution >= 0.6 is 0 Å². The molecule has 1 aliphatic rings. The molecule has 1 aromatic carbocycles. The first-order valence-electron chi connectivity index (χ1n) is 7.54. The summed E-state index contributed by atoms with van der Waals surface area (Å²) in [6.07, 6.45) is 5.37. The maximum Gasteiger partial charge on any atom is 0.217 e. The molecule has 21 heavy (non-hydrogen) atoms. The van der Waals surface area contributed by atoms with Crippen LogP contribution in [0.5, 0.6) is 5.75 Å². The van der Waals surface area contributed by atoms with Crippen LogP contribution in [0, 0.1) is 0 Å². The number of sulfonamides is 1. The van der Waals surface area contributed by atoms with E-state index in [1.165, 1.54) is 6.42 Å². The molecule has 5 nitrogen and oxygen atoms in total. The summed E-state index contributed by atoms with van der Waals surface area (Å²) in [5.74, 6) is 0.671. The molecule has 118 valence electrons. The Morgan fingerprint density at radius 1 is 1.00 bits per heavy atom. The van der Waals surface area contributed by atoms with Gasteiger partial charge in [-0.05, 0) is 37.1 Å². The Bertz CT molecular complexity index is 520. The third-order valence-electron chi connectivity index (χ3n) is 3.70. The average Bonchev–Trinajstić information content (AvgIpc) is 2.40. The Kier molecular flexibility index (Phi) is 5.87. The molecule has 0 amide bonds. The van der Waals surface area contributed by atoms with E-state index in [4.69, 9.17) is 10.5 Å². The molecule has 2 N–H and O–H groups in total. The normalized spacial score (nSPS) is 17.9. The van der Waals surface area contributed by atoms with Gasteiger partial charge in [-0.15, -0.1) is 0 Å². The predicted octanol–water partition coefficient (Wildman–Crippen LogP) is 2.24. The fourth-order valence-corrected chi connectivity index (χ4v) is 3.82. The van der Waals surface area contributed by atoms with E-state index < -0.39 is 10.0 Å². The number of ether oxygens (including phenoxy) is 1. The molecule has 0 saturated carbocycles. The number of hydrogen-bond donors (Lipinski definition) is 1. The molecule has 1 aliphatic heterocycles. The lowest BCUT2D eigenvalue weighted by molar-refractivity contribution is 0.328. The Morgan fingerprint density at radius 3 is 2.19 bits per heavy atom. The zero-order chi connectivity index (χ0) is 15.1. The third-order valence-corrected chi connectivity index (χ3v) is 5.53. The van der Waals surface area contributed by atoms with Gasteiger partial charge < -0.3 is 10.5 Å². The van der Waals surface area contributed by atoms with E-state index >= 15 is 0 Å². The lowest BCUT2D eigenvalue weighted by atomic mass is 10.1. The predicted molar refractivity (Wildman–Crippen MR) is 84.8 cm³/mol. The van der Waals surface area contributed by atoms with Crippen LogP contribution in [0.25, 0.3) is 0 Å². The summed E-state index contributed by atoms with van der Waals surface area (Å²) in [6.45, 7) is 1.46. The fraction of sp³-hybridized carbons (Fsp3) is 0.600. The highest BCUT2D eigenvalue weighted by Gasteiger charge is 2.22. The molecular weight excluding hydrogens is 288 g/mol. The quantitative estimate of drug-likeness (QED) is 0.846. The monoisotopic (exact) mass is 312 g/mol. The van der Waals surface area contributed by atoms with E-state index in [1.54, 1.807) is 28.6 Å². The summed E-state index contributed by atoms with van der Waals surface area (Å²) in [5.41, 5.74) is 6.25. The SMILES string of the molecule is Nc1ccc(OCCS(=O)(=O)N2CCCCCCC2)cc1. The van der Waals surface area contributed by atoms with Crippen molar-refractivity contribution in [3.8, 4) is 5.75 Å². The zero-order valence-electron chi connectivity index (χ0n) is 12.3. The lowest BCUT2D eigenvalue weighted by Gasteiger charge is -2.24. The van der Waals surface area contributed by atoms with Crippen LogP contribution in [0.1, 0.15) is 32.1 Å². The van der Waals surface area contributed by atoms with Crippen LogP contribution in [0.2, 0.25) is 0 Å². The topological polar surface area (TPSA) is 72.6 Å². The number of nitrogens with zero attached hydrogens (tertiary/aromatic N) is 1. The maximum atomic E-state index is 12.3. The van der Waals surface area contributed by atoms with Gasteiger partial charge in [0, 0.05) is 18.8 Å². The molecule has 0 atom stereocenters. The number of hydrogen-bond acceptors (Lipinski definition) is 4. The first-order chi connectivity index (χ1) is 10.1. The second kappa shape index (κ2) is 7.66. The number of nitrogens with two attached hydrogens (primary N) is 1. The highest BCUT2D eigenvalue weighted by atomic mass is 32.2. The summed E-state index contributed by atoms with van der Waals surface area (Å²) < 4.78 is 31.7. The van der Waals surface area contributed by atoms with Crippen molar-refractivity contribution in [3.63, 3.8) is 0 Å². The maximum absolute atomic E-state index is 12.3. The molecule has 0 spiro atoms. The van der Waals surface area contributed by atoms with Crippen LogP contribution in [0.15, 0.2) is 24.3 Å². The van der Waals surface area contributed by atoms with Gasteiger partial charge in [0.2, 0.25) is 10.0 Å². The third kappa shape index (κ3) is 5.21. The van der Waals surface area contributed by atoms with E-state index in [-0.39, 0.29) is 12.4 Å². The van der Waals surface area contributed by atoms with E-state index in [1.807, 2.05) is 0 Å². The van der Waals surface area contributed by atoms with Crippen molar-refractivity contribution < 1.29 is 13.2 Å². The van der Waals surface area contributed by atoms with Gasteiger partial charge in [0.15, 0.2) is 0 Å². The number of nitrogen functional groups attached to an aromatic ring is 1. The van der Waals surface area contributed by atoms with Crippen LogP contribution in [0.3, 0.4) is 0 Å². The minimum Gasteiger partial charge on any atom is -0.492 e. The highest BCUT2D eigenvalue weighted by Crippen LogP contribution is 2.15. The molecule has 0 radical (unpaired) electrons. The van der Waals surface area contributed by atoms with Crippen molar-refractivity contribution in [1.29, 1.82) is 0 Å². The second-order valence-electron chi connectivity index (χ2n) is 5.40. The summed E-state index contributed by atoms with van der Waals surface area (Å²) in [7, 11) is -3.22. The Balaban J connectivity index is 1.83. The van der Waals surface area contributed by atoms with Crippen molar-refractivity contribution in [3.05, 3.63) is 24.3 Å². The molecule has 0 aliphatic carbocycles. The summed E-state index contributed by atoms with van der Waals surface area (Å²) in [5, 5.41) is 0. The molecule has 0 bridgehead atoms. The molecule has 1 heterocycles. The Hall–Kier alpha value is -1.27. The van der Waals surface area contributed by atoms with Crippen LogP contribution in [-0.4, -0.2) is 38.2 Å². The van der Waals surface area contributed by atoms with E-state index in [0.29, 0.717) is 24.5 Å². The van der Waals surface area contributed by atoms with E-state index in [9.17, 15) is 8.42 Å². The molecule has 6 heteroatoms. The molecule has 0 unspecified atom stereocenters. The molecular formula is C15H24N2O3S. The van der Waals surface area contributed by atoms with Gasteiger partial charge in [-0.2, -0.15) is 0 Å². The standard InChI is InChI=1S/C15H24N2O3S/c16-14-6-8-15(9-7-14)20-12-13-21(18,19)17-10-4-2-1-3-5-11-17/h6-9H,1-5,10-13,16H2. The fourth-order valence-electron chi connectivity index (χ4n) is 2.45. The van der Waals surface area contributed by atoms with Crippen LogP contribution in [-0.2, 0) is 10.0 Å². The average molecular weight is 312 g/mol. The van der Waals surface area contributed by atoms with Crippen molar-refractivity contribution in [1.82, 2.24) is 4.31 Å². The second-order valence-corrected chi connectivity index (χ2v) is 7.49. The van der Waals surface area contributed by atoms with Crippen molar-refractivity contribution in [2.75, 3.05) is 31.2 Å². The first kappa shape index (κ1) is 16.1. The van der Waals surface area contributed by atoms with Gasteiger partial charge in [-0.1, -0.05) is 19.3 Å². The van der Waals surface area contributed by atoms with Gasteiger partial charge in [0.05, 0.1) is 5.75 Å². The summed E-state index contributed by atoms with van der Waals surface area (Å²) >= 11 is 0. The van der Waals surface area contributed by atoms with Crippen molar-refractivity contribution in [2.24, 2.45) is 0 Å². The minimum absolute atomic E-state index is 0.0252. The Labute approximate surface area is 127 Å². The molecule has 1 aromatic rings. The lowest BCUT2D eigenvalue weighted by Crippen LogP contribution is -2.36. The van der Waals surface area contributed by atoms with Gasteiger partial charge in [0.1, 0.15) is 12.4 Å². The molecule has 2 rings (SSSR count). The smallest absolute Gasteiger partial charge is 0.217 e. The zero-order valence-corrected chi connectivity index (χ0v) is 13.1. The van der Waals surface area contributed by atoms with E-state index in [0.717, 1.165) is 25.7 Å². The summed E-state index contributed by atoms with van der Waals surface area (Å²) in [4.78, 5) is 0. The van der Waals surface area contributed by atoms with Gasteiger partial charge in [-0.3, -0.25) is 0 Å². The van der Waals surface area contributed by atoms with Crippen LogP contribution < -0.4 is 10.5 Å². The summed E-state index contributed by atoms with van der Waals surface area (Å²) in [6, 6.07) is 6.97. The molecule has 0 aromatic heterocycles. The first-order valence-corrected chi connectivity index (χ1v) is 9.15. The molecule has 1 saturated heterocycles. The van der Waals surface area contributed by atoms with Crippen LogP contribution in [0.4, 0.5) is 5.69 Å². The van der Waals surface area contributed by atoms with Gasteiger partial charge in [0.25, 0.3) is 0 Å². The largest absolute Gasteiger partial charge is 0.492 e. The van der Waals surface area contributed by atoms with Gasteiger partial charge >= 0.3 is 0 Å². The Morgan fingerprint density at radius 2 is 1.57 bits per heavy atom. The number of benzene rings is 1. The van der Waals surface area contributed by atoms with E-state index in [2.05, 4.69) is 0 Å². The highest BCUT2D eigenvalue weighted by molar-refractivity contribution is 7.89. The van der Waals surface area contributed by atoms with Crippen molar-refractivity contribution >= 4 is 15.7 Å². The number of anilines is 1. The van der Waals surface area contributed by atoms with Gasteiger partial charge in [-0.25, -0.2) is 12.7 Å². The van der Waals surface area contributed by atoms with Crippen molar-refractivity contribution in [2.45, 2.75) is 32.1 Å². The molecule has 1 fully saturated rings. The minimum atomic E-state index is -3.22.